The molecule has 0 spiro atoms. The van der Waals surface area contributed by atoms with E-state index in [0.717, 1.165) is 16.9 Å². The minimum atomic E-state index is -0.598. The molecule has 0 bridgehead atoms. The van der Waals surface area contributed by atoms with Crippen LogP contribution in [-0.2, 0) is 11.8 Å². The fourth-order valence-electron chi connectivity index (χ4n) is 2.41. The zero-order valence-electron chi connectivity index (χ0n) is 12.6. The Hall–Kier alpha value is -1.87. The van der Waals surface area contributed by atoms with Gasteiger partial charge < -0.3 is 9.84 Å². The van der Waals surface area contributed by atoms with Gasteiger partial charge in [-0.1, -0.05) is 44.2 Å². The summed E-state index contributed by atoms with van der Waals surface area (Å²) in [5.74, 6) is 0.500. The van der Waals surface area contributed by atoms with Gasteiger partial charge in [0.15, 0.2) is 0 Å². The molecule has 1 unspecified atom stereocenters. The number of halogens is 1. The second-order valence-electron chi connectivity index (χ2n) is 5.76. The maximum absolute atomic E-state index is 13.0. The molecule has 1 atom stereocenters. The van der Waals surface area contributed by atoms with Gasteiger partial charge in [-0.2, -0.15) is 0 Å². The van der Waals surface area contributed by atoms with Crippen LogP contribution < -0.4 is 4.74 Å². The third-order valence-electron chi connectivity index (χ3n) is 4.03. The normalized spacial score (nSPS) is 13.0. The second-order valence-corrected chi connectivity index (χ2v) is 5.76. The number of methoxy groups -OCH3 is 1. The highest BCUT2D eigenvalue weighted by molar-refractivity contribution is 5.35. The maximum Gasteiger partial charge on any atom is 0.123 e. The smallest absolute Gasteiger partial charge is 0.123 e. The van der Waals surface area contributed by atoms with Crippen molar-refractivity contribution in [3.05, 3.63) is 65.5 Å². The lowest BCUT2D eigenvalue weighted by atomic mass is 9.77. The van der Waals surface area contributed by atoms with Gasteiger partial charge in [-0.15, -0.1) is 0 Å². The molecule has 0 aliphatic rings. The number of aliphatic hydroxyl groups excluding tert-OH is 1. The van der Waals surface area contributed by atoms with Crippen LogP contribution >= 0.6 is 0 Å². The molecule has 0 saturated carbocycles. The van der Waals surface area contributed by atoms with Crippen molar-refractivity contribution in [2.45, 2.75) is 31.8 Å². The summed E-state index contributed by atoms with van der Waals surface area (Å²) in [6, 6.07) is 14.0. The van der Waals surface area contributed by atoms with Crippen LogP contribution in [0.4, 0.5) is 4.39 Å². The second kappa shape index (κ2) is 6.27. The van der Waals surface area contributed by atoms with E-state index in [9.17, 15) is 9.50 Å². The molecule has 2 aromatic carbocycles. The molecule has 0 aliphatic heterocycles. The van der Waals surface area contributed by atoms with E-state index < -0.39 is 11.5 Å². The van der Waals surface area contributed by atoms with E-state index in [1.54, 1.807) is 19.2 Å². The number of aliphatic hydroxyl groups is 1. The average molecular weight is 288 g/mol. The topological polar surface area (TPSA) is 29.5 Å². The SMILES string of the molecule is COc1ccccc1CC(O)C(C)(C)c1ccc(F)cc1. The van der Waals surface area contributed by atoms with Crippen LogP contribution in [0.5, 0.6) is 5.75 Å². The van der Waals surface area contributed by atoms with Crippen LogP contribution in [-0.4, -0.2) is 18.3 Å². The third-order valence-corrected chi connectivity index (χ3v) is 4.03. The highest BCUT2D eigenvalue weighted by Gasteiger charge is 2.30. The van der Waals surface area contributed by atoms with Crippen molar-refractivity contribution >= 4 is 0 Å². The van der Waals surface area contributed by atoms with Gasteiger partial charge in [0.05, 0.1) is 13.2 Å². The summed E-state index contributed by atoms with van der Waals surface area (Å²) in [4.78, 5) is 0. The lowest BCUT2D eigenvalue weighted by Gasteiger charge is -2.31. The predicted octanol–water partition coefficient (Wildman–Crippen LogP) is 3.72. The summed E-state index contributed by atoms with van der Waals surface area (Å²) in [5.41, 5.74) is 1.39. The van der Waals surface area contributed by atoms with E-state index in [0.29, 0.717) is 6.42 Å². The Balaban J connectivity index is 2.22. The quantitative estimate of drug-likeness (QED) is 0.908. The van der Waals surface area contributed by atoms with Crippen LogP contribution in [0.1, 0.15) is 25.0 Å². The Morgan fingerprint density at radius 1 is 1.10 bits per heavy atom. The van der Waals surface area contributed by atoms with Crippen molar-refractivity contribution in [3.8, 4) is 5.75 Å². The molecule has 0 amide bonds. The van der Waals surface area contributed by atoms with Gasteiger partial charge >= 0.3 is 0 Å². The van der Waals surface area contributed by atoms with Gasteiger partial charge in [-0.25, -0.2) is 4.39 Å². The summed E-state index contributed by atoms with van der Waals surface area (Å²) in [6.07, 6.45) is -0.117. The average Bonchev–Trinajstić information content (AvgIpc) is 2.48. The lowest BCUT2D eigenvalue weighted by molar-refractivity contribution is 0.0993. The number of rotatable bonds is 5. The summed E-state index contributed by atoms with van der Waals surface area (Å²) < 4.78 is 18.4. The van der Waals surface area contributed by atoms with Crippen molar-refractivity contribution < 1.29 is 14.2 Å². The van der Waals surface area contributed by atoms with Crippen LogP contribution in [0.25, 0.3) is 0 Å². The van der Waals surface area contributed by atoms with Crippen LogP contribution in [0, 0.1) is 5.82 Å². The Morgan fingerprint density at radius 2 is 1.71 bits per heavy atom. The van der Waals surface area contributed by atoms with Crippen LogP contribution in [0.15, 0.2) is 48.5 Å². The highest BCUT2D eigenvalue weighted by atomic mass is 19.1. The van der Waals surface area contributed by atoms with E-state index in [4.69, 9.17) is 4.74 Å². The van der Waals surface area contributed by atoms with E-state index in [-0.39, 0.29) is 5.82 Å². The molecule has 0 heterocycles. The standard InChI is InChI=1S/C18H21FO2/c1-18(2,14-8-10-15(19)11-9-14)17(20)12-13-6-4-5-7-16(13)21-3/h4-11,17,20H,12H2,1-3H3. The van der Waals surface area contributed by atoms with Gasteiger partial charge in [0, 0.05) is 11.8 Å². The zero-order valence-corrected chi connectivity index (χ0v) is 12.6. The van der Waals surface area contributed by atoms with Crippen LogP contribution in [0.3, 0.4) is 0 Å². The number of para-hydroxylation sites is 1. The Bertz CT molecular complexity index is 590. The molecule has 2 nitrogen and oxygen atoms in total. The zero-order chi connectivity index (χ0) is 15.5. The molecule has 0 saturated heterocycles. The first-order valence-corrected chi connectivity index (χ1v) is 7.01. The minimum absolute atomic E-state index is 0.270. The van der Waals surface area contributed by atoms with Gasteiger partial charge in [-0.3, -0.25) is 0 Å². The van der Waals surface area contributed by atoms with E-state index >= 15 is 0 Å². The van der Waals surface area contributed by atoms with Gasteiger partial charge in [0.2, 0.25) is 0 Å². The molecule has 0 aliphatic carbocycles. The first-order chi connectivity index (χ1) is 9.95. The first-order valence-electron chi connectivity index (χ1n) is 7.01. The molecule has 0 fully saturated rings. The number of benzene rings is 2. The van der Waals surface area contributed by atoms with Crippen molar-refractivity contribution in [1.82, 2.24) is 0 Å². The Labute approximate surface area is 125 Å². The molecular weight excluding hydrogens is 267 g/mol. The fourth-order valence-corrected chi connectivity index (χ4v) is 2.41. The number of hydrogen-bond donors (Lipinski definition) is 1. The molecule has 0 radical (unpaired) electrons. The number of ether oxygens (including phenoxy) is 1. The maximum atomic E-state index is 13.0. The van der Waals surface area contributed by atoms with Crippen molar-refractivity contribution in [3.63, 3.8) is 0 Å². The summed E-state index contributed by atoms with van der Waals surface area (Å²) in [5, 5.41) is 10.6. The summed E-state index contributed by atoms with van der Waals surface area (Å²) in [7, 11) is 1.62. The molecule has 21 heavy (non-hydrogen) atoms. The Kier molecular flexibility index (Phi) is 4.63. The minimum Gasteiger partial charge on any atom is -0.496 e. The monoisotopic (exact) mass is 288 g/mol. The lowest BCUT2D eigenvalue weighted by Crippen LogP contribution is -2.35. The van der Waals surface area contributed by atoms with E-state index in [1.165, 1.54) is 12.1 Å². The fraction of sp³-hybridized carbons (Fsp3) is 0.333. The molecule has 2 aromatic rings. The van der Waals surface area contributed by atoms with Crippen LogP contribution in [0.2, 0.25) is 0 Å². The molecule has 0 aromatic heterocycles. The van der Waals surface area contributed by atoms with Gasteiger partial charge in [0.25, 0.3) is 0 Å². The Morgan fingerprint density at radius 3 is 2.33 bits per heavy atom. The molecule has 3 heteroatoms. The molecule has 112 valence electrons. The van der Waals surface area contributed by atoms with Gasteiger partial charge in [-0.05, 0) is 29.3 Å². The van der Waals surface area contributed by atoms with E-state index in [2.05, 4.69) is 0 Å². The summed E-state index contributed by atoms with van der Waals surface area (Å²) >= 11 is 0. The largest absolute Gasteiger partial charge is 0.496 e. The third kappa shape index (κ3) is 3.42. The summed E-state index contributed by atoms with van der Waals surface area (Å²) in [6.45, 7) is 3.92. The van der Waals surface area contributed by atoms with Gasteiger partial charge in [0.1, 0.15) is 11.6 Å². The highest BCUT2D eigenvalue weighted by Crippen LogP contribution is 2.31. The number of hydrogen-bond acceptors (Lipinski definition) is 2. The van der Waals surface area contributed by atoms with Crippen molar-refractivity contribution in [1.29, 1.82) is 0 Å². The van der Waals surface area contributed by atoms with E-state index in [1.807, 2.05) is 38.1 Å². The molecule has 1 N–H and O–H groups in total. The molecular formula is C18H21FO2. The van der Waals surface area contributed by atoms with Crippen molar-refractivity contribution in [2.75, 3.05) is 7.11 Å². The first kappa shape index (κ1) is 15.5. The molecule has 2 rings (SSSR count). The van der Waals surface area contributed by atoms with Crippen molar-refractivity contribution in [2.24, 2.45) is 0 Å². The predicted molar refractivity (Wildman–Crippen MR) is 82.1 cm³/mol.